The summed E-state index contributed by atoms with van der Waals surface area (Å²) in [6.45, 7) is 0. The number of halogens is 3. The maximum absolute atomic E-state index is 13.0. The molecular formula is C18H13F3N4. The summed E-state index contributed by atoms with van der Waals surface area (Å²) in [6, 6.07) is 15.8. The van der Waals surface area contributed by atoms with Gasteiger partial charge >= 0.3 is 6.18 Å². The third kappa shape index (κ3) is 2.67. The second kappa shape index (κ2) is 5.47. The van der Waals surface area contributed by atoms with Gasteiger partial charge in [0.15, 0.2) is 5.69 Å². The van der Waals surface area contributed by atoms with Crippen LogP contribution in [-0.4, -0.2) is 19.7 Å². The molecule has 0 aliphatic carbocycles. The molecule has 2 aromatic heterocycles. The van der Waals surface area contributed by atoms with Gasteiger partial charge in [-0.15, -0.1) is 0 Å². The number of nitrogens with zero attached hydrogens (tertiary/aromatic N) is 3. The number of rotatable bonds is 2. The van der Waals surface area contributed by atoms with Gasteiger partial charge in [0.25, 0.3) is 0 Å². The van der Waals surface area contributed by atoms with E-state index in [1.54, 1.807) is 12.1 Å². The first-order chi connectivity index (χ1) is 11.9. The minimum atomic E-state index is -4.48. The Hall–Kier alpha value is -3.09. The van der Waals surface area contributed by atoms with Crippen LogP contribution in [0.15, 0.2) is 54.6 Å². The van der Waals surface area contributed by atoms with E-state index in [0.717, 1.165) is 22.7 Å². The average molecular weight is 342 g/mol. The van der Waals surface area contributed by atoms with Crippen LogP contribution in [-0.2, 0) is 13.2 Å². The van der Waals surface area contributed by atoms with Crippen molar-refractivity contribution in [1.82, 2.24) is 19.7 Å². The van der Waals surface area contributed by atoms with E-state index in [0.29, 0.717) is 17.1 Å². The largest absolute Gasteiger partial charge is 0.435 e. The van der Waals surface area contributed by atoms with Crippen molar-refractivity contribution in [1.29, 1.82) is 0 Å². The molecule has 0 saturated carbocycles. The maximum atomic E-state index is 13.0. The Kier molecular flexibility index (Phi) is 3.38. The van der Waals surface area contributed by atoms with Gasteiger partial charge in [-0.25, -0.2) is 4.98 Å². The van der Waals surface area contributed by atoms with Crippen molar-refractivity contribution in [2.24, 2.45) is 7.05 Å². The summed E-state index contributed by atoms with van der Waals surface area (Å²) in [4.78, 5) is 7.76. The molecule has 0 aliphatic heterocycles. The monoisotopic (exact) mass is 342 g/mol. The Balaban J connectivity index is 1.89. The number of H-pyrrole nitrogens is 1. The van der Waals surface area contributed by atoms with Crippen LogP contribution >= 0.6 is 0 Å². The van der Waals surface area contributed by atoms with Gasteiger partial charge in [0.2, 0.25) is 0 Å². The molecule has 0 radical (unpaired) electrons. The Morgan fingerprint density at radius 2 is 1.64 bits per heavy atom. The van der Waals surface area contributed by atoms with Crippen LogP contribution in [0.5, 0.6) is 0 Å². The molecule has 2 aromatic carbocycles. The molecule has 0 unspecified atom stereocenters. The number of fused-ring (bicyclic) bond motifs is 1. The third-order valence-corrected chi connectivity index (χ3v) is 4.02. The summed E-state index contributed by atoms with van der Waals surface area (Å²) < 4.78 is 40.1. The molecule has 0 saturated heterocycles. The Morgan fingerprint density at radius 3 is 2.32 bits per heavy atom. The standard InChI is InChI=1S/C18H13F3N4/c1-25-15(10-16(24-25)18(19,20)21)11-6-2-3-7-12(11)17-22-13-8-4-5-9-14(13)23-17/h2-10H,1H3,(H,22,23). The molecule has 1 N–H and O–H groups in total. The molecule has 25 heavy (non-hydrogen) atoms. The van der Waals surface area contributed by atoms with Crippen LogP contribution in [0, 0.1) is 0 Å². The Morgan fingerprint density at radius 1 is 0.960 bits per heavy atom. The fourth-order valence-electron chi connectivity index (χ4n) is 2.85. The first-order valence-electron chi connectivity index (χ1n) is 7.59. The van der Waals surface area contributed by atoms with Crippen LogP contribution in [0.1, 0.15) is 5.69 Å². The molecular weight excluding hydrogens is 329 g/mol. The van der Waals surface area contributed by atoms with Gasteiger partial charge in [-0.1, -0.05) is 36.4 Å². The molecule has 126 valence electrons. The van der Waals surface area contributed by atoms with Crippen LogP contribution in [0.2, 0.25) is 0 Å². The zero-order valence-corrected chi connectivity index (χ0v) is 13.2. The number of para-hydroxylation sites is 2. The predicted molar refractivity (Wildman–Crippen MR) is 88.7 cm³/mol. The molecule has 0 fully saturated rings. The summed E-state index contributed by atoms with van der Waals surface area (Å²) >= 11 is 0. The highest BCUT2D eigenvalue weighted by atomic mass is 19.4. The predicted octanol–water partition coefficient (Wildman–Crippen LogP) is 4.65. The number of benzene rings is 2. The lowest BCUT2D eigenvalue weighted by molar-refractivity contribution is -0.141. The van der Waals surface area contributed by atoms with Gasteiger partial charge in [0.05, 0.1) is 16.7 Å². The fraction of sp³-hybridized carbons (Fsp3) is 0.111. The molecule has 0 aliphatic rings. The van der Waals surface area contributed by atoms with Crippen LogP contribution in [0.25, 0.3) is 33.7 Å². The SMILES string of the molecule is Cn1nc(C(F)(F)F)cc1-c1ccccc1-c1nc2ccccc2[nH]1. The maximum Gasteiger partial charge on any atom is 0.435 e. The molecule has 0 bridgehead atoms. The van der Waals surface area contributed by atoms with E-state index in [1.165, 1.54) is 11.7 Å². The number of imidazole rings is 1. The lowest BCUT2D eigenvalue weighted by atomic mass is 10.0. The van der Waals surface area contributed by atoms with Crippen molar-refractivity contribution in [3.63, 3.8) is 0 Å². The highest BCUT2D eigenvalue weighted by Crippen LogP contribution is 2.35. The molecule has 0 amide bonds. The van der Waals surface area contributed by atoms with Crippen LogP contribution in [0.3, 0.4) is 0 Å². The molecule has 4 rings (SSSR count). The smallest absolute Gasteiger partial charge is 0.338 e. The van der Waals surface area contributed by atoms with Crippen molar-refractivity contribution in [3.8, 4) is 22.6 Å². The number of aromatic amines is 1. The molecule has 0 atom stereocenters. The molecule has 0 spiro atoms. The van der Waals surface area contributed by atoms with Gasteiger partial charge in [-0.3, -0.25) is 4.68 Å². The molecule has 4 aromatic rings. The summed E-state index contributed by atoms with van der Waals surface area (Å²) in [5.41, 5.74) is 2.48. The van der Waals surface area contributed by atoms with E-state index in [9.17, 15) is 13.2 Å². The zero-order valence-electron chi connectivity index (χ0n) is 13.2. The second-order valence-electron chi connectivity index (χ2n) is 5.68. The fourth-order valence-corrected chi connectivity index (χ4v) is 2.85. The van der Waals surface area contributed by atoms with Crippen molar-refractivity contribution >= 4 is 11.0 Å². The zero-order chi connectivity index (χ0) is 17.6. The number of aromatic nitrogens is 4. The quantitative estimate of drug-likeness (QED) is 0.576. The number of hydrogen-bond acceptors (Lipinski definition) is 2. The summed E-state index contributed by atoms with van der Waals surface area (Å²) in [7, 11) is 1.50. The normalized spacial score (nSPS) is 12.0. The lowest BCUT2D eigenvalue weighted by Gasteiger charge is -2.07. The van der Waals surface area contributed by atoms with E-state index in [2.05, 4.69) is 15.1 Å². The van der Waals surface area contributed by atoms with Gasteiger partial charge in [-0.2, -0.15) is 18.3 Å². The summed E-state index contributed by atoms with van der Waals surface area (Å²) in [5.74, 6) is 0.603. The van der Waals surface area contributed by atoms with Gasteiger partial charge < -0.3 is 4.98 Å². The Labute approximate surface area is 140 Å². The third-order valence-electron chi connectivity index (χ3n) is 4.02. The first-order valence-corrected chi connectivity index (χ1v) is 7.59. The van der Waals surface area contributed by atoms with Crippen molar-refractivity contribution in [2.45, 2.75) is 6.18 Å². The van der Waals surface area contributed by atoms with Gasteiger partial charge in [0.1, 0.15) is 5.82 Å². The second-order valence-corrected chi connectivity index (χ2v) is 5.68. The molecule has 7 heteroatoms. The molecule has 2 heterocycles. The molecule has 4 nitrogen and oxygen atoms in total. The summed E-state index contributed by atoms with van der Waals surface area (Å²) in [6.07, 6.45) is -4.48. The average Bonchev–Trinajstić information content (AvgIpc) is 3.18. The Bertz CT molecular complexity index is 1030. The highest BCUT2D eigenvalue weighted by molar-refractivity contribution is 5.85. The van der Waals surface area contributed by atoms with Gasteiger partial charge in [-0.05, 0) is 18.2 Å². The van der Waals surface area contributed by atoms with E-state index in [-0.39, 0.29) is 0 Å². The minimum absolute atomic E-state index is 0.378. The highest BCUT2D eigenvalue weighted by Gasteiger charge is 2.35. The first kappa shape index (κ1) is 15.4. The number of alkyl halides is 3. The minimum Gasteiger partial charge on any atom is -0.338 e. The summed E-state index contributed by atoms with van der Waals surface area (Å²) in [5, 5.41) is 3.60. The van der Waals surface area contributed by atoms with E-state index in [4.69, 9.17) is 0 Å². The van der Waals surface area contributed by atoms with Crippen LogP contribution in [0.4, 0.5) is 13.2 Å². The lowest BCUT2D eigenvalue weighted by Crippen LogP contribution is -2.06. The number of aryl methyl sites for hydroxylation is 1. The number of hydrogen-bond donors (Lipinski definition) is 1. The van der Waals surface area contributed by atoms with E-state index in [1.807, 2.05) is 36.4 Å². The van der Waals surface area contributed by atoms with E-state index < -0.39 is 11.9 Å². The van der Waals surface area contributed by atoms with Crippen molar-refractivity contribution < 1.29 is 13.2 Å². The topological polar surface area (TPSA) is 46.5 Å². The van der Waals surface area contributed by atoms with Crippen molar-refractivity contribution in [3.05, 3.63) is 60.3 Å². The van der Waals surface area contributed by atoms with Gasteiger partial charge in [0, 0.05) is 18.2 Å². The van der Waals surface area contributed by atoms with Crippen LogP contribution < -0.4 is 0 Å². The van der Waals surface area contributed by atoms with E-state index >= 15 is 0 Å². The number of nitrogens with one attached hydrogen (secondary N) is 1. The van der Waals surface area contributed by atoms with Crippen molar-refractivity contribution in [2.75, 3.05) is 0 Å².